The number of thioether (sulfide) groups is 1. The second-order valence-electron chi connectivity index (χ2n) is 5.97. The Morgan fingerprint density at radius 3 is 2.50 bits per heavy atom. The number of hydrogen-bond donors (Lipinski definition) is 1. The van der Waals surface area contributed by atoms with Gasteiger partial charge in [0.2, 0.25) is 0 Å². The first-order valence-corrected chi connectivity index (χ1v) is 10.1. The molecule has 24 heavy (non-hydrogen) atoms. The van der Waals surface area contributed by atoms with E-state index in [1.165, 1.54) is 25.0 Å². The van der Waals surface area contributed by atoms with Gasteiger partial charge < -0.3 is 15.2 Å². The Labute approximate surface area is 152 Å². The molecular weight excluding hydrogens is 325 g/mol. The molecule has 0 spiro atoms. The van der Waals surface area contributed by atoms with Crippen molar-refractivity contribution in [2.75, 3.05) is 38.5 Å². The second-order valence-corrected chi connectivity index (χ2v) is 7.04. The number of halogens is 1. The van der Waals surface area contributed by atoms with Crippen LogP contribution in [0, 0.1) is 5.92 Å². The van der Waals surface area contributed by atoms with Gasteiger partial charge in [0, 0.05) is 26.1 Å². The van der Waals surface area contributed by atoms with Gasteiger partial charge >= 0.3 is 0 Å². The Bertz CT molecular complexity index is 344. The SMILES string of the molecule is C/C=C(\C=C/CSCC1CCOCC1)C(OC)C(N)CF.CCC. The monoisotopic (exact) mass is 361 g/mol. The molecule has 0 aromatic carbocycles. The lowest BCUT2D eigenvalue weighted by atomic mass is 10.0. The Hall–Kier alpha value is -0.360. The van der Waals surface area contributed by atoms with Crippen LogP contribution in [0.15, 0.2) is 23.8 Å². The van der Waals surface area contributed by atoms with Crippen LogP contribution in [-0.4, -0.2) is 50.6 Å². The fraction of sp³-hybridized carbons (Fsp3) is 0.789. The molecule has 0 aliphatic carbocycles. The van der Waals surface area contributed by atoms with Crippen molar-refractivity contribution in [2.45, 2.75) is 52.2 Å². The molecule has 0 aromatic rings. The van der Waals surface area contributed by atoms with E-state index in [4.69, 9.17) is 15.2 Å². The zero-order chi connectivity index (χ0) is 18.2. The summed E-state index contributed by atoms with van der Waals surface area (Å²) < 4.78 is 23.4. The van der Waals surface area contributed by atoms with Gasteiger partial charge in [-0.05, 0) is 37.0 Å². The summed E-state index contributed by atoms with van der Waals surface area (Å²) in [5.41, 5.74) is 6.68. The Kier molecular flexibility index (Phi) is 15.9. The van der Waals surface area contributed by atoms with E-state index in [-0.39, 0.29) is 6.10 Å². The molecule has 0 amide bonds. The number of nitrogens with two attached hydrogens (primary N) is 1. The number of rotatable bonds is 9. The van der Waals surface area contributed by atoms with Crippen molar-refractivity contribution in [3.05, 3.63) is 23.8 Å². The molecule has 2 atom stereocenters. The van der Waals surface area contributed by atoms with E-state index in [1.807, 2.05) is 30.8 Å². The van der Waals surface area contributed by atoms with E-state index in [9.17, 15) is 4.39 Å². The lowest BCUT2D eigenvalue weighted by molar-refractivity contribution is 0.0728. The highest BCUT2D eigenvalue weighted by molar-refractivity contribution is 7.99. The molecule has 1 heterocycles. The molecular formula is C19H36FNO2S. The first-order chi connectivity index (χ1) is 11.6. The largest absolute Gasteiger partial charge is 0.381 e. The van der Waals surface area contributed by atoms with Crippen molar-refractivity contribution in [2.24, 2.45) is 11.7 Å². The molecule has 1 saturated heterocycles. The second kappa shape index (κ2) is 16.1. The summed E-state index contributed by atoms with van der Waals surface area (Å²) in [7, 11) is 1.57. The molecule has 1 fully saturated rings. The van der Waals surface area contributed by atoms with Crippen molar-refractivity contribution < 1.29 is 13.9 Å². The van der Waals surface area contributed by atoms with Gasteiger partial charge in [0.1, 0.15) is 6.67 Å². The quantitative estimate of drug-likeness (QED) is 0.489. The molecule has 1 aliphatic heterocycles. The van der Waals surface area contributed by atoms with E-state index in [2.05, 4.69) is 19.9 Å². The van der Waals surface area contributed by atoms with Crippen molar-refractivity contribution in [3.8, 4) is 0 Å². The molecule has 0 radical (unpaired) electrons. The fourth-order valence-corrected chi connectivity index (χ4v) is 3.43. The summed E-state index contributed by atoms with van der Waals surface area (Å²) in [5, 5.41) is 0. The highest BCUT2D eigenvalue weighted by Crippen LogP contribution is 2.20. The van der Waals surface area contributed by atoms with Gasteiger partial charge in [0.05, 0.1) is 12.1 Å². The summed E-state index contributed by atoms with van der Waals surface area (Å²) in [6.07, 6.45) is 9.26. The van der Waals surface area contributed by atoms with E-state index < -0.39 is 12.7 Å². The maximum absolute atomic E-state index is 12.7. The third-order valence-corrected chi connectivity index (χ3v) is 4.84. The zero-order valence-electron chi connectivity index (χ0n) is 15.8. The van der Waals surface area contributed by atoms with Gasteiger partial charge in [0.15, 0.2) is 0 Å². The van der Waals surface area contributed by atoms with Gasteiger partial charge in [-0.3, -0.25) is 0 Å². The minimum absolute atomic E-state index is 0.378. The summed E-state index contributed by atoms with van der Waals surface area (Å²) in [5.74, 6) is 2.91. The maximum atomic E-state index is 12.7. The average Bonchev–Trinajstić information content (AvgIpc) is 2.61. The van der Waals surface area contributed by atoms with Crippen molar-refractivity contribution in [1.29, 1.82) is 0 Å². The van der Waals surface area contributed by atoms with Gasteiger partial charge in [-0.15, -0.1) is 0 Å². The van der Waals surface area contributed by atoms with Crippen LogP contribution in [0.3, 0.4) is 0 Å². The predicted octanol–water partition coefficient (Wildman–Crippen LogP) is 4.38. The van der Waals surface area contributed by atoms with E-state index >= 15 is 0 Å². The van der Waals surface area contributed by atoms with Crippen LogP contribution in [0.4, 0.5) is 4.39 Å². The van der Waals surface area contributed by atoms with Gasteiger partial charge in [-0.25, -0.2) is 4.39 Å². The third-order valence-electron chi connectivity index (χ3n) is 3.70. The number of hydrogen-bond acceptors (Lipinski definition) is 4. The first-order valence-electron chi connectivity index (χ1n) is 8.96. The summed E-state index contributed by atoms with van der Waals surface area (Å²) in [4.78, 5) is 0. The van der Waals surface area contributed by atoms with Crippen LogP contribution >= 0.6 is 11.8 Å². The van der Waals surface area contributed by atoms with Crippen LogP contribution in [0.2, 0.25) is 0 Å². The standard InChI is InChI=1S/C16H28FNO2S.C3H8/c1-3-14(16(19-2)15(18)11-17)5-4-10-21-12-13-6-8-20-9-7-13;1-3-2/h3-5,13,15-16H,6-12,18H2,1-2H3;3H2,1-2H3/b5-4-,14-3+;. The molecule has 1 rings (SSSR count). The molecule has 0 saturated carbocycles. The molecule has 2 unspecified atom stereocenters. The van der Waals surface area contributed by atoms with Crippen molar-refractivity contribution in [3.63, 3.8) is 0 Å². The highest BCUT2D eigenvalue weighted by atomic mass is 32.2. The van der Waals surface area contributed by atoms with E-state index in [1.54, 1.807) is 7.11 Å². The Morgan fingerprint density at radius 2 is 2.00 bits per heavy atom. The minimum atomic E-state index is -0.610. The zero-order valence-corrected chi connectivity index (χ0v) is 16.6. The van der Waals surface area contributed by atoms with Crippen LogP contribution in [-0.2, 0) is 9.47 Å². The molecule has 0 bridgehead atoms. The van der Waals surface area contributed by atoms with Crippen molar-refractivity contribution >= 4 is 11.8 Å². The van der Waals surface area contributed by atoms with E-state index in [0.29, 0.717) is 0 Å². The number of alkyl halides is 1. The molecule has 2 N–H and O–H groups in total. The number of methoxy groups -OCH3 is 1. The summed E-state index contributed by atoms with van der Waals surface area (Å²) >= 11 is 1.93. The van der Waals surface area contributed by atoms with Crippen LogP contribution in [0.25, 0.3) is 0 Å². The topological polar surface area (TPSA) is 44.5 Å². The predicted molar refractivity (Wildman–Crippen MR) is 104 cm³/mol. The normalized spacial score (nSPS) is 19.0. The fourth-order valence-electron chi connectivity index (χ4n) is 2.39. The van der Waals surface area contributed by atoms with Crippen LogP contribution in [0.5, 0.6) is 0 Å². The highest BCUT2D eigenvalue weighted by Gasteiger charge is 2.19. The summed E-state index contributed by atoms with van der Waals surface area (Å²) in [6, 6.07) is -0.610. The molecule has 5 heteroatoms. The van der Waals surface area contributed by atoms with Gasteiger partial charge in [-0.1, -0.05) is 38.5 Å². The molecule has 1 aliphatic rings. The van der Waals surface area contributed by atoms with Gasteiger partial charge in [-0.2, -0.15) is 11.8 Å². The first kappa shape index (κ1) is 23.6. The maximum Gasteiger partial charge on any atom is 0.107 e. The minimum Gasteiger partial charge on any atom is -0.381 e. The lowest BCUT2D eigenvalue weighted by Crippen LogP contribution is -2.38. The van der Waals surface area contributed by atoms with Crippen molar-refractivity contribution in [1.82, 2.24) is 0 Å². The smallest absolute Gasteiger partial charge is 0.107 e. The van der Waals surface area contributed by atoms with Gasteiger partial charge in [0.25, 0.3) is 0 Å². The Morgan fingerprint density at radius 1 is 1.38 bits per heavy atom. The number of allylic oxidation sites excluding steroid dienone is 1. The average molecular weight is 362 g/mol. The van der Waals surface area contributed by atoms with E-state index in [0.717, 1.165) is 30.5 Å². The molecule has 0 aromatic heterocycles. The van der Waals surface area contributed by atoms with Crippen LogP contribution in [0.1, 0.15) is 40.0 Å². The Balaban J connectivity index is 0.00000163. The van der Waals surface area contributed by atoms with Crippen LogP contribution < -0.4 is 5.73 Å². The summed E-state index contributed by atoms with van der Waals surface area (Å²) in [6.45, 7) is 7.40. The third kappa shape index (κ3) is 10.5. The lowest BCUT2D eigenvalue weighted by Gasteiger charge is -2.22. The molecule has 3 nitrogen and oxygen atoms in total. The molecule has 142 valence electrons. The number of ether oxygens (including phenoxy) is 2.